The highest BCUT2D eigenvalue weighted by Crippen LogP contribution is 2.23. The van der Waals surface area contributed by atoms with Gasteiger partial charge in [0.1, 0.15) is 24.4 Å². The minimum Gasteiger partial charge on any atom is -0.394 e. The highest BCUT2D eigenvalue weighted by molar-refractivity contribution is 5.76. The third kappa shape index (κ3) is 26.7. The largest absolute Gasteiger partial charge is 0.394 e. The van der Waals surface area contributed by atoms with Gasteiger partial charge in [0, 0.05) is 6.42 Å². The van der Waals surface area contributed by atoms with Crippen molar-refractivity contribution in [3.8, 4) is 0 Å². The van der Waals surface area contributed by atoms with Crippen LogP contribution in [-0.2, 0) is 14.3 Å². The second-order valence-corrected chi connectivity index (χ2v) is 16.2. The molecule has 1 aliphatic heterocycles. The molecule has 6 N–H and O–H groups in total. The first-order chi connectivity index (χ1) is 26.3. The smallest absolute Gasteiger partial charge is 0.220 e. The van der Waals surface area contributed by atoms with Crippen LogP contribution in [0, 0.1) is 0 Å². The molecule has 7 atom stereocenters. The standard InChI is InChI=1S/C45H87NO8/c1-3-5-7-9-11-13-15-17-18-19-20-21-22-23-25-27-29-31-33-35-41(49)46-38(37-53-45-44(52)43(51)42(50)40(36-47)54-45)39(48)34-32-30-28-26-24-16-14-12-10-8-6-4-2/h32,34,38-40,42-45,47-48,50-52H,3-31,33,35-37H2,1-2H3,(H,46,49)/b34-32+/t38-,39+,40+,42+,43-,44+,45+/m0/s1. The zero-order chi connectivity index (χ0) is 39.5. The average molecular weight is 770 g/mol. The molecule has 320 valence electrons. The molecule has 1 heterocycles. The van der Waals surface area contributed by atoms with Gasteiger partial charge in [-0.25, -0.2) is 0 Å². The molecule has 1 rings (SSSR count). The van der Waals surface area contributed by atoms with Crippen LogP contribution in [0.1, 0.15) is 213 Å². The summed E-state index contributed by atoms with van der Waals surface area (Å²) in [6.45, 7) is 3.77. The van der Waals surface area contributed by atoms with Crippen molar-refractivity contribution >= 4 is 5.91 Å². The molecule has 1 fully saturated rings. The Morgan fingerprint density at radius 2 is 1.02 bits per heavy atom. The topological polar surface area (TPSA) is 149 Å². The summed E-state index contributed by atoms with van der Waals surface area (Å²) in [5, 5.41) is 54.1. The van der Waals surface area contributed by atoms with Gasteiger partial charge in [-0.05, 0) is 19.3 Å². The van der Waals surface area contributed by atoms with E-state index in [4.69, 9.17) is 9.47 Å². The van der Waals surface area contributed by atoms with E-state index >= 15 is 0 Å². The van der Waals surface area contributed by atoms with Gasteiger partial charge in [0.2, 0.25) is 5.91 Å². The molecule has 0 radical (unpaired) electrons. The summed E-state index contributed by atoms with van der Waals surface area (Å²) in [4.78, 5) is 12.9. The lowest BCUT2D eigenvalue weighted by atomic mass is 9.99. The Kier molecular flexibility index (Phi) is 34.2. The third-order valence-corrected chi connectivity index (χ3v) is 11.1. The summed E-state index contributed by atoms with van der Waals surface area (Å²) in [5.74, 6) is -0.175. The number of carbonyl (C=O) groups is 1. The number of hydrogen-bond donors (Lipinski definition) is 6. The zero-order valence-corrected chi connectivity index (χ0v) is 35.0. The molecule has 1 saturated heterocycles. The lowest BCUT2D eigenvalue weighted by molar-refractivity contribution is -0.302. The predicted molar refractivity (Wildman–Crippen MR) is 221 cm³/mol. The summed E-state index contributed by atoms with van der Waals surface area (Å²) in [5.41, 5.74) is 0. The predicted octanol–water partition coefficient (Wildman–Crippen LogP) is 9.34. The fourth-order valence-corrected chi connectivity index (χ4v) is 7.39. The van der Waals surface area contributed by atoms with E-state index in [2.05, 4.69) is 19.2 Å². The number of carbonyl (C=O) groups excluding carboxylic acids is 1. The van der Waals surface area contributed by atoms with Gasteiger partial charge in [0.05, 0.1) is 25.4 Å². The molecule has 0 aromatic carbocycles. The lowest BCUT2D eigenvalue weighted by Crippen LogP contribution is -2.60. The van der Waals surface area contributed by atoms with Crippen LogP contribution in [0.2, 0.25) is 0 Å². The number of nitrogens with one attached hydrogen (secondary N) is 1. The number of unbranched alkanes of at least 4 members (excludes halogenated alkanes) is 28. The number of aliphatic hydroxyl groups is 5. The Morgan fingerprint density at radius 1 is 0.611 bits per heavy atom. The lowest BCUT2D eigenvalue weighted by Gasteiger charge is -2.40. The quantitative estimate of drug-likeness (QED) is 0.0269. The minimum atomic E-state index is -1.56. The van der Waals surface area contributed by atoms with Crippen LogP contribution >= 0.6 is 0 Å². The fourth-order valence-electron chi connectivity index (χ4n) is 7.39. The van der Waals surface area contributed by atoms with Gasteiger partial charge in [0.15, 0.2) is 6.29 Å². The van der Waals surface area contributed by atoms with E-state index in [0.717, 1.165) is 38.5 Å². The first kappa shape index (κ1) is 50.9. The van der Waals surface area contributed by atoms with Crippen LogP contribution in [0.25, 0.3) is 0 Å². The molecule has 0 unspecified atom stereocenters. The molecule has 1 aliphatic rings. The Labute approximate surface area is 331 Å². The first-order valence-electron chi connectivity index (χ1n) is 22.9. The number of ether oxygens (including phenoxy) is 2. The van der Waals surface area contributed by atoms with E-state index in [0.29, 0.717) is 6.42 Å². The summed E-state index contributed by atoms with van der Waals surface area (Å²) in [6, 6.07) is -0.797. The van der Waals surface area contributed by atoms with Gasteiger partial charge in [-0.2, -0.15) is 0 Å². The third-order valence-electron chi connectivity index (χ3n) is 11.1. The normalized spacial score (nSPS) is 21.5. The summed E-state index contributed by atoms with van der Waals surface area (Å²) in [7, 11) is 0. The van der Waals surface area contributed by atoms with Crippen LogP contribution in [0.5, 0.6) is 0 Å². The molecular weight excluding hydrogens is 682 g/mol. The summed E-state index contributed by atoms with van der Waals surface area (Å²) < 4.78 is 11.2. The van der Waals surface area contributed by atoms with Crippen LogP contribution in [0.4, 0.5) is 0 Å². The van der Waals surface area contributed by atoms with Gasteiger partial charge in [0.25, 0.3) is 0 Å². The van der Waals surface area contributed by atoms with Crippen LogP contribution in [-0.4, -0.2) is 87.5 Å². The van der Waals surface area contributed by atoms with Gasteiger partial charge in [-0.15, -0.1) is 0 Å². The molecule has 54 heavy (non-hydrogen) atoms. The maximum absolute atomic E-state index is 12.9. The number of allylic oxidation sites excluding steroid dienone is 1. The maximum atomic E-state index is 12.9. The summed E-state index contributed by atoms with van der Waals surface area (Å²) in [6.07, 6.45) is 34.0. The van der Waals surface area contributed by atoms with E-state index in [1.165, 1.54) is 154 Å². The number of hydrogen-bond acceptors (Lipinski definition) is 8. The van der Waals surface area contributed by atoms with Crippen molar-refractivity contribution in [2.24, 2.45) is 0 Å². The maximum Gasteiger partial charge on any atom is 0.220 e. The van der Waals surface area contributed by atoms with Gasteiger partial charge in [-0.1, -0.05) is 199 Å². The van der Waals surface area contributed by atoms with Crippen molar-refractivity contribution in [3.63, 3.8) is 0 Å². The van der Waals surface area contributed by atoms with Gasteiger partial charge >= 0.3 is 0 Å². The molecule has 9 heteroatoms. The van der Waals surface area contributed by atoms with E-state index in [-0.39, 0.29) is 12.5 Å². The van der Waals surface area contributed by atoms with E-state index in [1.54, 1.807) is 6.08 Å². The van der Waals surface area contributed by atoms with Crippen molar-refractivity contribution in [1.82, 2.24) is 5.32 Å². The Morgan fingerprint density at radius 3 is 1.44 bits per heavy atom. The minimum absolute atomic E-state index is 0.175. The monoisotopic (exact) mass is 770 g/mol. The Hall–Kier alpha value is -1.07. The molecule has 0 saturated carbocycles. The zero-order valence-electron chi connectivity index (χ0n) is 35.0. The van der Waals surface area contributed by atoms with Crippen molar-refractivity contribution in [2.75, 3.05) is 13.2 Å². The second kappa shape index (κ2) is 36.3. The molecule has 0 bridgehead atoms. The number of aliphatic hydroxyl groups excluding tert-OH is 5. The fraction of sp³-hybridized carbons (Fsp3) is 0.933. The first-order valence-corrected chi connectivity index (χ1v) is 22.9. The van der Waals surface area contributed by atoms with E-state index < -0.39 is 49.5 Å². The molecule has 0 aromatic heterocycles. The number of rotatable bonds is 38. The molecule has 0 aliphatic carbocycles. The van der Waals surface area contributed by atoms with Crippen LogP contribution < -0.4 is 5.32 Å². The molecule has 1 amide bonds. The van der Waals surface area contributed by atoms with Crippen LogP contribution in [0.3, 0.4) is 0 Å². The Balaban J connectivity index is 2.31. The highest BCUT2D eigenvalue weighted by atomic mass is 16.7. The summed E-state index contributed by atoms with van der Waals surface area (Å²) >= 11 is 0. The number of amides is 1. The molecule has 0 aromatic rings. The van der Waals surface area contributed by atoms with Gasteiger partial charge < -0.3 is 40.3 Å². The highest BCUT2D eigenvalue weighted by Gasteiger charge is 2.44. The second-order valence-electron chi connectivity index (χ2n) is 16.2. The van der Waals surface area contributed by atoms with Crippen molar-refractivity contribution in [1.29, 1.82) is 0 Å². The average Bonchev–Trinajstić information content (AvgIpc) is 3.17. The van der Waals surface area contributed by atoms with E-state index in [9.17, 15) is 30.3 Å². The Bertz CT molecular complexity index is 858. The van der Waals surface area contributed by atoms with Crippen molar-refractivity contribution < 1.29 is 39.8 Å². The molecule has 0 spiro atoms. The van der Waals surface area contributed by atoms with Gasteiger partial charge in [-0.3, -0.25) is 4.79 Å². The van der Waals surface area contributed by atoms with Crippen molar-refractivity contribution in [3.05, 3.63) is 12.2 Å². The molecular formula is C45H87NO8. The SMILES string of the molecule is CCCCCCCCCCCC/C=C/[C@@H](O)[C@H](CO[C@@H]1O[C@H](CO)[C@@H](O)[C@H](O)[C@H]1O)NC(=O)CCCCCCCCCCCCCCCCCCCCC. The van der Waals surface area contributed by atoms with Crippen LogP contribution in [0.15, 0.2) is 12.2 Å². The van der Waals surface area contributed by atoms with Crippen molar-refractivity contribution in [2.45, 2.75) is 256 Å². The van der Waals surface area contributed by atoms with E-state index in [1.807, 2.05) is 6.08 Å². The molecule has 9 nitrogen and oxygen atoms in total.